The number of primary amides is 1. The largest absolute Gasteiger partial charge is 1.00 e. The number of piperidine rings is 1. The summed E-state index contributed by atoms with van der Waals surface area (Å²) in [7, 11) is -3.72. The Kier molecular flexibility index (Phi) is 12.9. The van der Waals surface area contributed by atoms with E-state index in [1.165, 1.54) is 11.9 Å². The number of oxime groups is 1. The molecule has 2 atom stereocenters. The van der Waals surface area contributed by atoms with Crippen LogP contribution in [0.1, 0.15) is 6.42 Å². The number of amides is 4. The second kappa shape index (κ2) is 12.2. The molecule has 17 heteroatoms. The van der Waals surface area contributed by atoms with E-state index in [4.69, 9.17) is 28.1 Å². The number of carbonyl (C=O) groups is 3. The minimum Gasteiger partial charge on any atom is -0.759 e. The van der Waals surface area contributed by atoms with Crippen LogP contribution in [0, 0.1) is 0 Å². The Balaban J connectivity index is 0. The molecule has 0 saturated carbocycles. The van der Waals surface area contributed by atoms with Gasteiger partial charge in [0.1, 0.15) is 12.1 Å². The molecule has 0 aromatic rings. The van der Waals surface area contributed by atoms with Gasteiger partial charge in [0.2, 0.25) is 5.91 Å². The quantitative estimate of drug-likeness (QED) is 0.127. The number of nitrogens with two attached hydrogens (primary N) is 1. The fraction of sp³-hybridized carbons (Fsp3) is 0.600. The van der Waals surface area contributed by atoms with Crippen molar-refractivity contribution in [1.29, 1.82) is 0 Å². The number of nitrogens with zero attached hydrogens (tertiary/aromatic N) is 3. The molecule has 4 N–H and O–H groups in total. The topological polar surface area (TPSA) is 218 Å². The average molecular weight is 427 g/mol. The van der Waals surface area contributed by atoms with Crippen LogP contribution in [0.4, 0.5) is 4.79 Å². The van der Waals surface area contributed by atoms with E-state index in [0.717, 1.165) is 0 Å². The van der Waals surface area contributed by atoms with Crippen molar-refractivity contribution in [2.75, 3.05) is 20.2 Å². The molecule has 2 rings (SSSR count). The summed E-state index contributed by atoms with van der Waals surface area (Å²) in [4.78, 5) is 40.1. The Morgan fingerprint density at radius 3 is 2.37 bits per heavy atom. The van der Waals surface area contributed by atoms with E-state index in [9.17, 15) is 19.6 Å². The standard InChI is InChI=1S/C10H15N5O5.2Na.H2O4S/c1-12-8(16)4-20-13-5-2-6(9(11)17)14-3-7(5)15(19)10(14)18;;;1-5(2,3)4/h6-7,19H,2-4H2,1H3,(H2,11,17)(H,12,16);;;(H2,1,2,3,4)/q;2*+1;/p-2/t6-,7-;;;/m0.../s1. The molecule has 27 heavy (non-hydrogen) atoms. The van der Waals surface area contributed by atoms with Crippen molar-refractivity contribution >= 4 is 34.0 Å². The Morgan fingerprint density at radius 1 is 1.41 bits per heavy atom. The summed E-state index contributed by atoms with van der Waals surface area (Å²) in [6.07, 6.45) is 0.0660. The third-order valence-electron chi connectivity index (χ3n) is 3.25. The third-order valence-corrected chi connectivity index (χ3v) is 3.25. The van der Waals surface area contributed by atoms with Crippen LogP contribution in [0.25, 0.3) is 0 Å². The van der Waals surface area contributed by atoms with Crippen molar-refractivity contribution in [1.82, 2.24) is 15.3 Å². The molecule has 2 aliphatic rings. The molecular weight excluding hydrogens is 412 g/mol. The summed E-state index contributed by atoms with van der Waals surface area (Å²) >= 11 is 0. The smallest absolute Gasteiger partial charge is 0.759 e. The van der Waals surface area contributed by atoms with E-state index in [0.29, 0.717) is 10.8 Å². The molecule has 4 amide bonds. The molecule has 0 spiro atoms. The van der Waals surface area contributed by atoms with Gasteiger partial charge in [-0.3, -0.25) is 23.2 Å². The molecule has 0 aliphatic carbocycles. The van der Waals surface area contributed by atoms with E-state index in [2.05, 4.69) is 10.5 Å². The van der Waals surface area contributed by atoms with Gasteiger partial charge in [0.25, 0.3) is 5.91 Å². The van der Waals surface area contributed by atoms with E-state index in [1.807, 2.05) is 0 Å². The Morgan fingerprint density at radius 2 is 1.93 bits per heavy atom. The van der Waals surface area contributed by atoms with Gasteiger partial charge in [-0.2, -0.15) is 5.06 Å². The molecule has 2 fully saturated rings. The first-order valence-electron chi connectivity index (χ1n) is 6.59. The Labute approximate surface area is 198 Å². The van der Waals surface area contributed by atoms with Gasteiger partial charge in [-0.15, -0.1) is 0 Å². The Bertz CT molecular complexity index is 681. The molecule has 2 bridgehead atoms. The number of hydroxylamine groups is 2. The van der Waals surface area contributed by atoms with Crippen LogP contribution < -0.4 is 70.2 Å². The van der Waals surface area contributed by atoms with Crippen molar-refractivity contribution in [3.8, 4) is 0 Å². The third kappa shape index (κ3) is 9.03. The summed E-state index contributed by atoms with van der Waals surface area (Å²) in [5, 5.41) is 16.2. The first-order valence-corrected chi connectivity index (χ1v) is 7.93. The van der Waals surface area contributed by atoms with Crippen LogP contribution in [0.5, 0.6) is 0 Å². The van der Waals surface area contributed by atoms with Crippen molar-refractivity contribution in [3.05, 3.63) is 0 Å². The van der Waals surface area contributed by atoms with Crippen LogP contribution >= 0.6 is 0 Å². The van der Waals surface area contributed by atoms with Crippen LogP contribution in [0.3, 0.4) is 0 Å². The maximum Gasteiger partial charge on any atom is 1.00 e. The van der Waals surface area contributed by atoms with Crippen molar-refractivity contribution < 1.29 is 101 Å². The molecular formula is C10H15N5Na2O9S. The van der Waals surface area contributed by atoms with Crippen molar-refractivity contribution in [2.24, 2.45) is 10.9 Å². The number of rotatable bonds is 4. The number of carbonyl (C=O) groups excluding carboxylic acids is 3. The first kappa shape index (κ1) is 28.7. The summed E-state index contributed by atoms with van der Waals surface area (Å²) < 4.78 is 34.1. The van der Waals surface area contributed by atoms with Crippen LogP contribution in [-0.4, -0.2) is 88.5 Å². The second-order valence-electron chi connectivity index (χ2n) is 4.86. The fourth-order valence-electron chi connectivity index (χ4n) is 2.16. The SMILES string of the molecule is CNC(=O)CON=C1C[C@@H](C(N)=O)N2C[C@@H]1N(O)C2=O.O=S(=O)([O-])[O-].[Na+].[Na+]. The molecule has 142 valence electrons. The summed E-state index contributed by atoms with van der Waals surface area (Å²) in [6, 6.07) is -2.27. The minimum absolute atomic E-state index is 0. The first-order chi connectivity index (χ1) is 11.5. The van der Waals surface area contributed by atoms with Gasteiger partial charge < -0.3 is 29.9 Å². The zero-order chi connectivity index (χ0) is 19.4. The molecule has 2 aliphatic heterocycles. The summed E-state index contributed by atoms with van der Waals surface area (Å²) in [6.45, 7) is -0.192. The normalized spacial score (nSPS) is 22.1. The predicted molar refractivity (Wildman–Crippen MR) is 75.0 cm³/mol. The van der Waals surface area contributed by atoms with Gasteiger partial charge in [0.05, 0.1) is 12.3 Å². The van der Waals surface area contributed by atoms with Gasteiger partial charge >= 0.3 is 65.1 Å². The van der Waals surface area contributed by atoms with Gasteiger partial charge in [0, 0.05) is 23.9 Å². The zero-order valence-electron chi connectivity index (χ0n) is 14.8. The van der Waals surface area contributed by atoms with Crippen molar-refractivity contribution in [3.63, 3.8) is 0 Å². The molecule has 14 nitrogen and oxygen atoms in total. The number of hydrogen-bond acceptors (Lipinski definition) is 10. The van der Waals surface area contributed by atoms with Crippen molar-refractivity contribution in [2.45, 2.75) is 18.5 Å². The minimum atomic E-state index is -5.17. The molecule has 2 saturated heterocycles. The van der Waals surface area contributed by atoms with Crippen LogP contribution in [0.15, 0.2) is 5.16 Å². The molecule has 0 unspecified atom stereocenters. The average Bonchev–Trinajstić information content (AvgIpc) is 2.73. The summed E-state index contributed by atoms with van der Waals surface area (Å²) in [5.74, 6) is -1.06. The number of hydrogen-bond donors (Lipinski definition) is 3. The fourth-order valence-corrected chi connectivity index (χ4v) is 2.16. The van der Waals surface area contributed by atoms with Gasteiger partial charge in [-0.1, -0.05) is 5.16 Å². The molecule has 0 aromatic carbocycles. The summed E-state index contributed by atoms with van der Waals surface area (Å²) in [5.41, 5.74) is 5.52. The van der Waals surface area contributed by atoms with E-state index >= 15 is 0 Å². The zero-order valence-corrected chi connectivity index (χ0v) is 19.6. The van der Waals surface area contributed by atoms with E-state index in [-0.39, 0.29) is 84.6 Å². The molecule has 2 heterocycles. The van der Waals surface area contributed by atoms with E-state index in [1.54, 1.807) is 0 Å². The maximum absolute atomic E-state index is 11.7. The van der Waals surface area contributed by atoms with Gasteiger partial charge in [0.15, 0.2) is 6.61 Å². The second-order valence-corrected chi connectivity index (χ2v) is 5.67. The monoisotopic (exact) mass is 427 g/mol. The predicted octanol–water partition coefficient (Wildman–Crippen LogP) is -9.47. The molecule has 0 radical (unpaired) electrons. The molecule has 0 aromatic heterocycles. The maximum atomic E-state index is 11.7. The number of urea groups is 1. The number of nitrogens with one attached hydrogen (secondary N) is 1. The van der Waals surface area contributed by atoms with E-state index < -0.39 is 34.4 Å². The number of likely N-dealkylation sites (N-methyl/N-ethyl adjacent to an activating group) is 1. The van der Waals surface area contributed by atoms with Crippen LogP contribution in [0.2, 0.25) is 0 Å². The Hall–Kier alpha value is -0.490. The van der Waals surface area contributed by atoms with Gasteiger partial charge in [-0.05, 0) is 0 Å². The van der Waals surface area contributed by atoms with Crippen LogP contribution in [-0.2, 0) is 24.8 Å². The number of fused-ring (bicyclic) bond motifs is 2. The van der Waals surface area contributed by atoms with Gasteiger partial charge in [-0.25, -0.2) is 4.79 Å².